The average Bonchev–Trinajstić information content (AvgIpc) is 2.64. The smallest absolute Gasteiger partial charge is 0.411 e. The van der Waals surface area contributed by atoms with E-state index in [9.17, 15) is 4.79 Å². The van der Waals surface area contributed by atoms with Crippen molar-refractivity contribution in [3.05, 3.63) is 17.0 Å². The van der Waals surface area contributed by atoms with Crippen LogP contribution in [0.4, 0.5) is 4.79 Å². The first-order valence-corrected chi connectivity index (χ1v) is 6.18. The number of carbonyl (C=O) groups excluding carboxylic acids is 1. The van der Waals surface area contributed by atoms with Crippen LogP contribution in [0.2, 0.25) is 0 Å². The number of fused-ring (bicyclic) bond motifs is 1. The summed E-state index contributed by atoms with van der Waals surface area (Å²) in [5.74, 6) is 0. The van der Waals surface area contributed by atoms with Gasteiger partial charge >= 0.3 is 6.09 Å². The molecule has 1 aliphatic rings. The molecule has 1 aliphatic heterocycles. The Morgan fingerprint density at radius 1 is 1.44 bits per heavy atom. The number of rotatable bonds is 0. The fourth-order valence-electron chi connectivity index (χ4n) is 2.26. The Bertz CT molecular complexity index is 483. The van der Waals surface area contributed by atoms with Gasteiger partial charge in [0.1, 0.15) is 5.60 Å². The van der Waals surface area contributed by atoms with Crippen molar-refractivity contribution in [1.29, 1.82) is 0 Å². The quantitative estimate of drug-likeness (QED) is 0.771. The van der Waals surface area contributed by atoms with E-state index in [1.54, 1.807) is 4.90 Å². The molecule has 0 atom stereocenters. The Morgan fingerprint density at radius 3 is 2.56 bits per heavy atom. The van der Waals surface area contributed by atoms with Crippen LogP contribution < -0.4 is 0 Å². The maximum absolute atomic E-state index is 12.2. The third kappa shape index (κ3) is 1.98. The van der Waals surface area contributed by atoms with Crippen molar-refractivity contribution in [2.75, 3.05) is 0 Å². The van der Waals surface area contributed by atoms with E-state index in [-0.39, 0.29) is 6.09 Å². The summed E-state index contributed by atoms with van der Waals surface area (Å²) in [5, 5.41) is 7.22. The van der Waals surface area contributed by atoms with Crippen molar-refractivity contribution in [2.24, 2.45) is 0 Å². The minimum absolute atomic E-state index is 0.281. The van der Waals surface area contributed by atoms with E-state index >= 15 is 0 Å². The molecule has 18 heavy (non-hydrogen) atoms. The first-order chi connectivity index (χ1) is 8.13. The number of ether oxygens (including phenoxy) is 1. The molecule has 5 nitrogen and oxygen atoms in total. The van der Waals surface area contributed by atoms with Gasteiger partial charge in [-0.2, -0.15) is 5.10 Å². The van der Waals surface area contributed by atoms with Crippen LogP contribution in [0.5, 0.6) is 0 Å². The number of nitrogens with one attached hydrogen (secondary N) is 1. The number of hydrogen-bond donors (Lipinski definition) is 1. The summed E-state index contributed by atoms with van der Waals surface area (Å²) in [7, 11) is 0. The molecule has 0 radical (unpaired) electrons. The first-order valence-electron chi connectivity index (χ1n) is 6.18. The van der Waals surface area contributed by atoms with Gasteiger partial charge in [-0.05, 0) is 41.5 Å². The first kappa shape index (κ1) is 12.9. The highest BCUT2D eigenvalue weighted by Gasteiger charge is 2.44. The molecular weight excluding hydrogens is 230 g/mol. The van der Waals surface area contributed by atoms with Gasteiger partial charge in [0.25, 0.3) is 0 Å². The van der Waals surface area contributed by atoms with Crippen LogP contribution in [-0.4, -0.2) is 26.8 Å². The molecule has 0 unspecified atom stereocenters. The second-order valence-corrected chi connectivity index (χ2v) is 6.29. The molecule has 1 N–H and O–H groups in total. The molecular formula is C13H21N3O2. The van der Waals surface area contributed by atoms with Crippen LogP contribution in [0.25, 0.3) is 0 Å². The van der Waals surface area contributed by atoms with Crippen molar-refractivity contribution >= 4 is 6.09 Å². The van der Waals surface area contributed by atoms with E-state index in [2.05, 4.69) is 10.2 Å². The van der Waals surface area contributed by atoms with Crippen LogP contribution in [0, 0.1) is 6.92 Å². The van der Waals surface area contributed by atoms with Gasteiger partial charge in [-0.25, -0.2) is 4.79 Å². The predicted octanol–water partition coefficient (Wildman–Crippen LogP) is 2.70. The fourth-order valence-corrected chi connectivity index (χ4v) is 2.26. The van der Waals surface area contributed by atoms with Crippen molar-refractivity contribution in [2.45, 2.75) is 59.2 Å². The standard InChI is InChI=1S/C13H21N3O2/c1-8-9-7-16(11(17)18-12(2,3)4)13(5,6)10(9)15-14-8/h7H2,1-6H3,(H,14,15). The lowest BCUT2D eigenvalue weighted by Gasteiger charge is -2.33. The average molecular weight is 251 g/mol. The summed E-state index contributed by atoms with van der Waals surface area (Å²) in [5.41, 5.74) is 2.18. The van der Waals surface area contributed by atoms with E-state index < -0.39 is 11.1 Å². The Labute approximate surface area is 108 Å². The molecule has 0 aromatic carbocycles. The van der Waals surface area contributed by atoms with Crippen molar-refractivity contribution in [3.63, 3.8) is 0 Å². The van der Waals surface area contributed by atoms with Gasteiger partial charge in [0.15, 0.2) is 0 Å². The highest BCUT2D eigenvalue weighted by molar-refractivity contribution is 5.71. The summed E-state index contributed by atoms with van der Waals surface area (Å²) in [6, 6.07) is 0. The maximum Gasteiger partial charge on any atom is 0.411 e. The number of hydrogen-bond acceptors (Lipinski definition) is 3. The van der Waals surface area contributed by atoms with Gasteiger partial charge in [0.2, 0.25) is 0 Å². The SMILES string of the molecule is Cc1n[nH]c2c1CN(C(=O)OC(C)(C)C)C2(C)C. The summed E-state index contributed by atoms with van der Waals surface area (Å²) < 4.78 is 5.45. The number of amides is 1. The summed E-state index contributed by atoms with van der Waals surface area (Å²) in [6.45, 7) is 12.1. The fraction of sp³-hybridized carbons (Fsp3) is 0.692. The van der Waals surface area contributed by atoms with Gasteiger partial charge < -0.3 is 4.74 Å². The second-order valence-electron chi connectivity index (χ2n) is 6.29. The van der Waals surface area contributed by atoms with E-state index in [0.717, 1.165) is 17.0 Å². The Kier molecular flexibility index (Phi) is 2.68. The Hall–Kier alpha value is -1.52. The number of aromatic nitrogens is 2. The molecule has 100 valence electrons. The number of H-pyrrole nitrogens is 1. The van der Waals surface area contributed by atoms with Crippen LogP contribution in [0.1, 0.15) is 51.6 Å². The van der Waals surface area contributed by atoms with Crippen molar-refractivity contribution in [1.82, 2.24) is 15.1 Å². The maximum atomic E-state index is 12.2. The zero-order valence-electron chi connectivity index (χ0n) is 11.9. The lowest BCUT2D eigenvalue weighted by Crippen LogP contribution is -2.43. The van der Waals surface area contributed by atoms with Gasteiger partial charge in [-0.3, -0.25) is 10.00 Å². The van der Waals surface area contributed by atoms with E-state index in [4.69, 9.17) is 4.74 Å². The highest BCUT2D eigenvalue weighted by atomic mass is 16.6. The number of aryl methyl sites for hydroxylation is 1. The van der Waals surface area contributed by atoms with Crippen LogP contribution in [0.3, 0.4) is 0 Å². The monoisotopic (exact) mass is 251 g/mol. The molecule has 0 spiro atoms. The molecule has 1 aromatic heterocycles. The number of carbonyl (C=O) groups is 1. The zero-order valence-corrected chi connectivity index (χ0v) is 11.9. The third-order valence-electron chi connectivity index (χ3n) is 3.29. The van der Waals surface area contributed by atoms with Gasteiger partial charge in [0.05, 0.1) is 23.5 Å². The summed E-state index contributed by atoms with van der Waals surface area (Å²) in [4.78, 5) is 14.0. The molecule has 1 amide bonds. The van der Waals surface area contributed by atoms with E-state index in [1.807, 2.05) is 41.5 Å². The largest absolute Gasteiger partial charge is 0.444 e. The zero-order chi connectivity index (χ0) is 13.7. The normalized spacial score (nSPS) is 17.8. The van der Waals surface area contributed by atoms with E-state index in [0.29, 0.717) is 6.54 Å². The molecule has 0 aliphatic carbocycles. The summed E-state index contributed by atoms with van der Waals surface area (Å²) in [6.07, 6.45) is -0.281. The molecule has 0 saturated heterocycles. The molecule has 0 fully saturated rings. The van der Waals surface area contributed by atoms with Gasteiger partial charge in [0, 0.05) is 5.56 Å². The van der Waals surface area contributed by atoms with Crippen LogP contribution in [0.15, 0.2) is 0 Å². The number of aromatic amines is 1. The minimum Gasteiger partial charge on any atom is -0.444 e. The molecule has 2 rings (SSSR count). The predicted molar refractivity (Wildman–Crippen MR) is 68.1 cm³/mol. The lowest BCUT2D eigenvalue weighted by molar-refractivity contribution is 0.00445. The molecule has 1 aromatic rings. The van der Waals surface area contributed by atoms with Crippen LogP contribution in [-0.2, 0) is 16.8 Å². The number of nitrogens with zero attached hydrogens (tertiary/aromatic N) is 2. The molecule has 0 bridgehead atoms. The third-order valence-corrected chi connectivity index (χ3v) is 3.29. The van der Waals surface area contributed by atoms with Crippen LogP contribution >= 0.6 is 0 Å². The second kappa shape index (κ2) is 3.73. The van der Waals surface area contributed by atoms with E-state index in [1.165, 1.54) is 0 Å². The van der Waals surface area contributed by atoms with Crippen molar-refractivity contribution < 1.29 is 9.53 Å². The van der Waals surface area contributed by atoms with Crippen molar-refractivity contribution in [3.8, 4) is 0 Å². The Morgan fingerprint density at radius 2 is 2.06 bits per heavy atom. The van der Waals surface area contributed by atoms with Gasteiger partial charge in [-0.15, -0.1) is 0 Å². The lowest BCUT2D eigenvalue weighted by atomic mass is 10.0. The molecule has 2 heterocycles. The highest BCUT2D eigenvalue weighted by Crippen LogP contribution is 2.39. The topological polar surface area (TPSA) is 58.2 Å². The Balaban J connectivity index is 2.26. The van der Waals surface area contributed by atoms with Gasteiger partial charge in [-0.1, -0.05) is 0 Å². The molecule has 5 heteroatoms. The molecule has 0 saturated carbocycles. The summed E-state index contributed by atoms with van der Waals surface area (Å²) >= 11 is 0. The minimum atomic E-state index is -0.475.